The van der Waals surface area contributed by atoms with Crippen molar-refractivity contribution in [1.82, 2.24) is 4.90 Å². The third-order valence-corrected chi connectivity index (χ3v) is 7.95. The average Bonchev–Trinajstić information content (AvgIpc) is 2.94. The van der Waals surface area contributed by atoms with Gasteiger partial charge in [0.15, 0.2) is 0 Å². The lowest BCUT2D eigenvalue weighted by atomic mass is 9.79. The van der Waals surface area contributed by atoms with Gasteiger partial charge in [0.2, 0.25) is 0 Å². The van der Waals surface area contributed by atoms with Gasteiger partial charge in [-0.25, -0.2) is 4.79 Å². The van der Waals surface area contributed by atoms with Crippen molar-refractivity contribution in [3.8, 4) is 0 Å². The summed E-state index contributed by atoms with van der Waals surface area (Å²) in [5.41, 5.74) is 4.72. The van der Waals surface area contributed by atoms with Gasteiger partial charge in [0.1, 0.15) is 0 Å². The summed E-state index contributed by atoms with van der Waals surface area (Å²) < 4.78 is 0. The van der Waals surface area contributed by atoms with Crippen LogP contribution in [0.5, 0.6) is 0 Å². The Hall–Kier alpha value is -3.67. The Morgan fingerprint density at radius 2 is 1.41 bits per heavy atom. The van der Waals surface area contributed by atoms with Crippen LogP contribution in [0.1, 0.15) is 99.9 Å². The summed E-state index contributed by atoms with van der Waals surface area (Å²) in [5, 5.41) is 15.5. The summed E-state index contributed by atoms with van der Waals surface area (Å²) in [4.78, 5) is 28.2. The highest BCUT2D eigenvalue weighted by molar-refractivity contribution is 5.92. The average molecular weight is 528 g/mol. The lowest BCUT2D eigenvalue weighted by Gasteiger charge is -2.39. The van der Waals surface area contributed by atoms with Crippen LogP contribution in [0.15, 0.2) is 72.8 Å². The molecule has 1 aliphatic rings. The summed E-state index contributed by atoms with van der Waals surface area (Å²) in [7, 11) is 0. The minimum absolute atomic E-state index is 0.0735. The Balaban J connectivity index is 1.85. The van der Waals surface area contributed by atoms with Crippen molar-refractivity contribution in [1.29, 1.82) is 0 Å². The zero-order valence-electron chi connectivity index (χ0n) is 23.6. The number of urea groups is 1. The van der Waals surface area contributed by atoms with Crippen LogP contribution in [0.4, 0.5) is 16.2 Å². The van der Waals surface area contributed by atoms with Crippen molar-refractivity contribution in [3.05, 3.63) is 105 Å². The molecule has 1 aliphatic carbocycles. The number of amides is 2. The second kappa shape index (κ2) is 12.9. The molecule has 206 valence electrons. The number of hydrogen-bond acceptors (Lipinski definition) is 3. The lowest BCUT2D eigenvalue weighted by molar-refractivity contribution is -0.386. The van der Waals surface area contributed by atoms with E-state index in [-0.39, 0.29) is 34.4 Å². The van der Waals surface area contributed by atoms with Crippen LogP contribution >= 0.6 is 0 Å². The molecule has 39 heavy (non-hydrogen) atoms. The van der Waals surface area contributed by atoms with Crippen LogP contribution in [0.25, 0.3) is 0 Å². The molecule has 0 saturated heterocycles. The fourth-order valence-corrected chi connectivity index (χ4v) is 5.98. The molecule has 1 atom stereocenters. The number of anilines is 1. The van der Waals surface area contributed by atoms with Gasteiger partial charge in [0.05, 0.1) is 16.5 Å². The Kier molecular flexibility index (Phi) is 9.39. The fourth-order valence-electron chi connectivity index (χ4n) is 5.98. The molecule has 1 unspecified atom stereocenters. The highest BCUT2D eigenvalue weighted by Crippen LogP contribution is 2.43. The van der Waals surface area contributed by atoms with Crippen molar-refractivity contribution < 1.29 is 9.72 Å². The molecule has 3 aromatic carbocycles. The van der Waals surface area contributed by atoms with Gasteiger partial charge >= 0.3 is 6.03 Å². The lowest BCUT2D eigenvalue weighted by Crippen LogP contribution is -2.42. The van der Waals surface area contributed by atoms with E-state index in [9.17, 15) is 14.9 Å². The topological polar surface area (TPSA) is 75.5 Å². The number of benzene rings is 3. The maximum Gasteiger partial charge on any atom is 0.322 e. The molecule has 0 radical (unpaired) electrons. The molecule has 6 heteroatoms. The first-order chi connectivity index (χ1) is 18.8. The zero-order chi connectivity index (χ0) is 27.9. The first-order valence-corrected chi connectivity index (χ1v) is 14.3. The van der Waals surface area contributed by atoms with E-state index in [1.165, 1.54) is 0 Å². The first-order valence-electron chi connectivity index (χ1n) is 14.3. The van der Waals surface area contributed by atoms with E-state index in [1.54, 1.807) is 12.1 Å². The van der Waals surface area contributed by atoms with E-state index in [2.05, 4.69) is 51.2 Å². The predicted octanol–water partition coefficient (Wildman–Crippen LogP) is 9.20. The highest BCUT2D eigenvalue weighted by Gasteiger charge is 2.37. The molecule has 0 spiro atoms. The first kappa shape index (κ1) is 28.3. The van der Waals surface area contributed by atoms with Crippen LogP contribution in [-0.4, -0.2) is 15.9 Å². The molecule has 1 N–H and O–H groups in total. The number of nitrogens with zero attached hydrogens (tertiary/aromatic N) is 2. The number of nitro benzene ring substituents is 1. The van der Waals surface area contributed by atoms with Gasteiger partial charge in [-0.05, 0) is 47.3 Å². The fraction of sp³-hybridized carbons (Fsp3) is 0.424. The Morgan fingerprint density at radius 3 is 2.00 bits per heavy atom. The molecule has 2 amide bonds. The smallest absolute Gasteiger partial charge is 0.313 e. The quantitative estimate of drug-likeness (QED) is 0.223. The highest BCUT2D eigenvalue weighted by atomic mass is 16.6. The van der Waals surface area contributed by atoms with Crippen molar-refractivity contribution in [3.63, 3.8) is 0 Å². The summed E-state index contributed by atoms with van der Waals surface area (Å²) in [5.74, 6) is 0.594. The molecule has 1 saturated carbocycles. The van der Waals surface area contributed by atoms with Gasteiger partial charge in [0.25, 0.3) is 5.69 Å². The molecule has 0 aliphatic heterocycles. The Bertz CT molecular complexity index is 1240. The van der Waals surface area contributed by atoms with E-state index >= 15 is 0 Å². The SMILES string of the molecule is CC(C)c1cccc(C(C)C)c1NC(=O)N(Cc1ccccc1)C(c1ccccc1[N+](=O)[O-])C1CCCCC1. The van der Waals surface area contributed by atoms with Gasteiger partial charge in [-0.15, -0.1) is 0 Å². The van der Waals surface area contributed by atoms with Crippen molar-refractivity contribution in [2.45, 2.75) is 84.2 Å². The summed E-state index contributed by atoms with van der Waals surface area (Å²) in [6.07, 6.45) is 5.17. The maximum absolute atomic E-state index is 14.5. The van der Waals surface area contributed by atoms with Crippen molar-refractivity contribution in [2.24, 2.45) is 5.92 Å². The number of carbonyl (C=O) groups is 1. The normalized spacial score (nSPS) is 14.8. The molecule has 0 heterocycles. The van der Waals surface area contributed by atoms with E-state index in [0.717, 1.165) is 54.5 Å². The van der Waals surface area contributed by atoms with Crippen molar-refractivity contribution >= 4 is 17.4 Å². The van der Waals surface area contributed by atoms with Gasteiger partial charge in [-0.2, -0.15) is 0 Å². The number of carbonyl (C=O) groups excluding carboxylic acids is 1. The molecule has 1 fully saturated rings. The second-order valence-corrected chi connectivity index (χ2v) is 11.3. The minimum atomic E-state index is -0.416. The number of nitrogens with one attached hydrogen (secondary N) is 1. The molecule has 3 aromatic rings. The molecular formula is C33H41N3O3. The Morgan fingerprint density at radius 1 is 0.846 bits per heavy atom. The van der Waals surface area contributed by atoms with E-state index < -0.39 is 6.04 Å². The molecule has 0 aromatic heterocycles. The number of hydrogen-bond donors (Lipinski definition) is 1. The van der Waals surface area contributed by atoms with Crippen molar-refractivity contribution in [2.75, 3.05) is 5.32 Å². The van der Waals surface area contributed by atoms with Crippen LogP contribution < -0.4 is 5.32 Å². The third-order valence-electron chi connectivity index (χ3n) is 7.95. The Labute approximate surface area is 232 Å². The van der Waals surface area contributed by atoms with Crippen LogP contribution in [0, 0.1) is 16.0 Å². The maximum atomic E-state index is 14.5. The molecule has 0 bridgehead atoms. The zero-order valence-corrected chi connectivity index (χ0v) is 23.6. The minimum Gasteiger partial charge on any atom is -0.313 e. The van der Waals surface area contributed by atoms with Gasteiger partial charge < -0.3 is 10.2 Å². The van der Waals surface area contributed by atoms with E-state index in [0.29, 0.717) is 12.1 Å². The largest absolute Gasteiger partial charge is 0.322 e. The number of para-hydroxylation sites is 2. The van der Waals surface area contributed by atoms with Gasteiger partial charge in [0, 0.05) is 18.3 Å². The second-order valence-electron chi connectivity index (χ2n) is 11.3. The number of rotatable bonds is 9. The third kappa shape index (κ3) is 6.67. The molecule has 4 rings (SSSR count). The molecule has 6 nitrogen and oxygen atoms in total. The van der Waals surface area contributed by atoms with Crippen LogP contribution in [-0.2, 0) is 6.54 Å². The van der Waals surface area contributed by atoms with Gasteiger partial charge in [-0.3, -0.25) is 10.1 Å². The summed E-state index contributed by atoms with van der Waals surface area (Å²) in [6, 6.07) is 22.5. The van der Waals surface area contributed by atoms with Gasteiger partial charge in [-0.1, -0.05) is 114 Å². The monoisotopic (exact) mass is 527 g/mol. The van der Waals surface area contributed by atoms with E-state index in [1.807, 2.05) is 47.4 Å². The standard InChI is InChI=1S/C33H41N3O3/c1-23(2)27-19-13-20-28(24(3)4)31(27)34-33(37)35(22-25-14-7-5-8-15-25)32(26-16-9-6-10-17-26)29-18-11-12-21-30(29)36(38)39/h5,7-8,11-15,18-21,23-24,26,32H,6,9-10,16-17,22H2,1-4H3,(H,34,37). The van der Waals surface area contributed by atoms with Crippen LogP contribution in [0.2, 0.25) is 0 Å². The summed E-state index contributed by atoms with van der Waals surface area (Å²) >= 11 is 0. The predicted molar refractivity (Wildman–Crippen MR) is 158 cm³/mol. The summed E-state index contributed by atoms with van der Waals surface area (Å²) in [6.45, 7) is 8.90. The molecular weight excluding hydrogens is 486 g/mol. The number of nitro groups is 1. The van der Waals surface area contributed by atoms with E-state index in [4.69, 9.17) is 0 Å². The van der Waals surface area contributed by atoms with Crippen LogP contribution in [0.3, 0.4) is 0 Å².